The summed E-state index contributed by atoms with van der Waals surface area (Å²) in [5.74, 6) is -0.736. The molecule has 23 heavy (non-hydrogen) atoms. The van der Waals surface area contributed by atoms with E-state index in [0.717, 1.165) is 0 Å². The standard InChI is InChI=1S/C15H13FN4O3/c16-12-3-5-13(6-4-12)17-10-15(21)19-18-9-11-1-7-14(8-2-11)20(22)23/h1-9,17H,10H2,(H,19,21)/b18-9-. The molecule has 0 saturated heterocycles. The van der Waals surface area contributed by atoms with E-state index in [-0.39, 0.29) is 24.0 Å². The van der Waals surface area contributed by atoms with Crippen LogP contribution in [0.1, 0.15) is 5.56 Å². The smallest absolute Gasteiger partial charge is 0.269 e. The van der Waals surface area contributed by atoms with Gasteiger partial charge >= 0.3 is 0 Å². The largest absolute Gasteiger partial charge is 0.376 e. The number of nitrogens with one attached hydrogen (secondary N) is 2. The van der Waals surface area contributed by atoms with E-state index in [1.807, 2.05) is 0 Å². The topological polar surface area (TPSA) is 96.6 Å². The minimum Gasteiger partial charge on any atom is -0.376 e. The first kappa shape index (κ1) is 16.1. The molecule has 0 radical (unpaired) electrons. The normalized spacial score (nSPS) is 10.5. The maximum absolute atomic E-state index is 12.7. The Kier molecular flexibility index (Phi) is 5.35. The second-order valence-electron chi connectivity index (χ2n) is 4.50. The summed E-state index contributed by atoms with van der Waals surface area (Å²) in [7, 11) is 0. The molecule has 0 atom stereocenters. The Labute approximate surface area is 131 Å². The lowest BCUT2D eigenvalue weighted by molar-refractivity contribution is -0.384. The fraction of sp³-hybridized carbons (Fsp3) is 0.0667. The van der Waals surface area contributed by atoms with Gasteiger partial charge in [0, 0.05) is 17.8 Å². The first-order chi connectivity index (χ1) is 11.0. The van der Waals surface area contributed by atoms with Gasteiger partial charge in [0.2, 0.25) is 0 Å². The molecular weight excluding hydrogens is 303 g/mol. The molecule has 0 fully saturated rings. The van der Waals surface area contributed by atoms with Gasteiger partial charge in [0.15, 0.2) is 0 Å². The lowest BCUT2D eigenvalue weighted by Gasteiger charge is -2.04. The zero-order valence-electron chi connectivity index (χ0n) is 11.9. The second-order valence-corrected chi connectivity index (χ2v) is 4.50. The van der Waals surface area contributed by atoms with Crippen molar-refractivity contribution >= 4 is 23.5 Å². The van der Waals surface area contributed by atoms with Gasteiger partial charge in [-0.05, 0) is 42.0 Å². The second kappa shape index (κ2) is 7.64. The van der Waals surface area contributed by atoms with Gasteiger partial charge < -0.3 is 5.32 Å². The van der Waals surface area contributed by atoms with Gasteiger partial charge in [0.05, 0.1) is 17.7 Å². The van der Waals surface area contributed by atoms with Crippen molar-refractivity contribution in [3.05, 3.63) is 70.0 Å². The van der Waals surface area contributed by atoms with E-state index in [1.54, 1.807) is 0 Å². The molecule has 0 saturated carbocycles. The highest BCUT2D eigenvalue weighted by Gasteiger charge is 2.03. The van der Waals surface area contributed by atoms with E-state index in [0.29, 0.717) is 11.3 Å². The Morgan fingerprint density at radius 1 is 1.17 bits per heavy atom. The average Bonchev–Trinajstić information content (AvgIpc) is 2.55. The number of non-ortho nitro benzene ring substituents is 1. The number of nitro benzene ring substituents is 1. The number of benzene rings is 2. The molecule has 0 bridgehead atoms. The van der Waals surface area contributed by atoms with Gasteiger partial charge in [-0.1, -0.05) is 0 Å². The van der Waals surface area contributed by atoms with E-state index >= 15 is 0 Å². The lowest BCUT2D eigenvalue weighted by Crippen LogP contribution is -2.25. The average molecular weight is 316 g/mol. The zero-order chi connectivity index (χ0) is 16.7. The van der Waals surface area contributed by atoms with E-state index < -0.39 is 4.92 Å². The summed E-state index contributed by atoms with van der Waals surface area (Å²) in [4.78, 5) is 21.6. The summed E-state index contributed by atoms with van der Waals surface area (Å²) in [5.41, 5.74) is 3.52. The van der Waals surface area contributed by atoms with Crippen LogP contribution in [0.2, 0.25) is 0 Å². The summed E-state index contributed by atoms with van der Waals surface area (Å²) in [6.07, 6.45) is 1.37. The molecule has 2 aromatic carbocycles. The quantitative estimate of drug-likeness (QED) is 0.485. The van der Waals surface area contributed by atoms with Gasteiger partial charge in [-0.2, -0.15) is 5.10 Å². The summed E-state index contributed by atoms with van der Waals surface area (Å²) in [6.45, 7) is -0.0246. The first-order valence-corrected chi connectivity index (χ1v) is 6.60. The Balaban J connectivity index is 1.79. The van der Waals surface area contributed by atoms with Crippen molar-refractivity contribution in [3.8, 4) is 0 Å². The SMILES string of the molecule is O=C(CNc1ccc(F)cc1)N/N=C\c1ccc([N+](=O)[O-])cc1. The number of carbonyl (C=O) groups excluding carboxylic acids is 1. The van der Waals surface area contributed by atoms with E-state index in [9.17, 15) is 19.3 Å². The Bertz CT molecular complexity index is 715. The number of halogens is 1. The molecule has 2 aromatic rings. The molecule has 0 heterocycles. The van der Waals surface area contributed by atoms with Crippen LogP contribution in [0.5, 0.6) is 0 Å². The van der Waals surface area contributed by atoms with Crippen LogP contribution in [-0.2, 0) is 4.79 Å². The maximum Gasteiger partial charge on any atom is 0.269 e. The number of hydrogen-bond donors (Lipinski definition) is 2. The third kappa shape index (κ3) is 5.20. The highest BCUT2D eigenvalue weighted by molar-refractivity contribution is 5.84. The monoisotopic (exact) mass is 316 g/mol. The predicted octanol–water partition coefficient (Wildman–Crippen LogP) is 2.30. The molecule has 2 N–H and O–H groups in total. The molecule has 0 spiro atoms. The van der Waals surface area contributed by atoms with Crippen LogP contribution >= 0.6 is 0 Å². The van der Waals surface area contributed by atoms with Crippen LogP contribution in [0, 0.1) is 15.9 Å². The molecule has 2 rings (SSSR count). The third-order valence-corrected chi connectivity index (χ3v) is 2.80. The summed E-state index contributed by atoms with van der Waals surface area (Å²) >= 11 is 0. The molecule has 118 valence electrons. The fourth-order valence-corrected chi connectivity index (χ4v) is 1.65. The molecule has 0 unspecified atom stereocenters. The number of amides is 1. The van der Waals surface area contributed by atoms with Crippen molar-refractivity contribution in [1.29, 1.82) is 0 Å². The lowest BCUT2D eigenvalue weighted by atomic mass is 10.2. The molecule has 0 aliphatic heterocycles. The molecule has 1 amide bonds. The first-order valence-electron chi connectivity index (χ1n) is 6.60. The number of hydrogen-bond acceptors (Lipinski definition) is 5. The minimum absolute atomic E-state index is 0.0188. The Morgan fingerprint density at radius 3 is 2.43 bits per heavy atom. The number of nitrogens with zero attached hydrogens (tertiary/aromatic N) is 2. The van der Waals surface area contributed by atoms with Crippen molar-refractivity contribution in [2.45, 2.75) is 0 Å². The summed E-state index contributed by atoms with van der Waals surface area (Å²) < 4.78 is 12.7. The predicted molar refractivity (Wildman–Crippen MR) is 83.7 cm³/mol. The van der Waals surface area contributed by atoms with Crippen LogP contribution in [0.4, 0.5) is 15.8 Å². The van der Waals surface area contributed by atoms with Crippen LogP contribution in [0.3, 0.4) is 0 Å². The van der Waals surface area contributed by atoms with Gasteiger partial charge in [-0.15, -0.1) is 0 Å². The van der Waals surface area contributed by atoms with Crippen LogP contribution in [-0.4, -0.2) is 23.6 Å². The highest BCUT2D eigenvalue weighted by Crippen LogP contribution is 2.10. The number of rotatable bonds is 6. The van der Waals surface area contributed by atoms with E-state index in [1.165, 1.54) is 54.7 Å². The maximum atomic E-state index is 12.7. The van der Waals surface area contributed by atoms with Gasteiger partial charge in [0.1, 0.15) is 5.82 Å². The zero-order valence-corrected chi connectivity index (χ0v) is 11.9. The molecular formula is C15H13FN4O3. The number of hydrazone groups is 1. The van der Waals surface area contributed by atoms with Crippen LogP contribution < -0.4 is 10.7 Å². The van der Waals surface area contributed by atoms with Gasteiger partial charge in [-0.3, -0.25) is 14.9 Å². The summed E-state index contributed by atoms with van der Waals surface area (Å²) in [6, 6.07) is 11.3. The van der Waals surface area contributed by atoms with E-state index in [2.05, 4.69) is 15.8 Å². The third-order valence-electron chi connectivity index (χ3n) is 2.80. The number of nitro groups is 1. The van der Waals surface area contributed by atoms with Crippen LogP contribution in [0.15, 0.2) is 53.6 Å². The van der Waals surface area contributed by atoms with E-state index in [4.69, 9.17) is 0 Å². The Morgan fingerprint density at radius 2 is 1.83 bits per heavy atom. The van der Waals surface area contributed by atoms with Crippen molar-refractivity contribution in [1.82, 2.24) is 5.43 Å². The molecule has 0 aromatic heterocycles. The highest BCUT2D eigenvalue weighted by atomic mass is 19.1. The van der Waals surface area contributed by atoms with Crippen molar-refractivity contribution in [2.75, 3.05) is 11.9 Å². The molecule has 0 aliphatic rings. The van der Waals surface area contributed by atoms with Gasteiger partial charge in [-0.25, -0.2) is 9.82 Å². The molecule has 8 heteroatoms. The van der Waals surface area contributed by atoms with Gasteiger partial charge in [0.25, 0.3) is 11.6 Å². The van der Waals surface area contributed by atoms with Crippen molar-refractivity contribution < 1.29 is 14.1 Å². The number of anilines is 1. The molecule has 7 nitrogen and oxygen atoms in total. The van der Waals surface area contributed by atoms with Crippen molar-refractivity contribution in [2.24, 2.45) is 5.10 Å². The molecule has 0 aliphatic carbocycles. The van der Waals surface area contributed by atoms with Crippen LogP contribution in [0.25, 0.3) is 0 Å². The summed E-state index contributed by atoms with van der Waals surface area (Å²) in [5, 5.41) is 17.1. The fourth-order valence-electron chi connectivity index (χ4n) is 1.65. The number of carbonyl (C=O) groups is 1. The minimum atomic E-state index is -0.496. The Hall–Kier alpha value is -3.29. The van der Waals surface area contributed by atoms with Crippen molar-refractivity contribution in [3.63, 3.8) is 0 Å².